The summed E-state index contributed by atoms with van der Waals surface area (Å²) in [5.74, 6) is -0.526. The zero-order valence-electron chi connectivity index (χ0n) is 13.6. The molecule has 5 heteroatoms. The Hall–Kier alpha value is -2.87. The van der Waals surface area contributed by atoms with Gasteiger partial charge >= 0.3 is 6.09 Å². The summed E-state index contributed by atoms with van der Waals surface area (Å²) in [5.41, 5.74) is 1.51. The Bertz CT molecular complexity index is 739. The molecule has 0 heterocycles. The Morgan fingerprint density at radius 3 is 2.58 bits per heavy atom. The average Bonchev–Trinajstić information content (AvgIpc) is 2.59. The first-order chi connectivity index (χ1) is 11.5. The lowest BCUT2D eigenvalue weighted by atomic mass is 9.95. The fraction of sp³-hybridized carbons (Fsp3) is 0.263. The number of nitrogens with one attached hydrogen (secondary N) is 1. The highest BCUT2D eigenvalue weighted by Crippen LogP contribution is 2.24. The van der Waals surface area contributed by atoms with E-state index in [-0.39, 0.29) is 24.1 Å². The Morgan fingerprint density at radius 2 is 1.96 bits per heavy atom. The van der Waals surface area contributed by atoms with E-state index in [0.29, 0.717) is 5.56 Å². The number of hydrogen-bond acceptors (Lipinski definition) is 3. The number of nitrogens with zero attached hydrogens (tertiary/aromatic N) is 1. The van der Waals surface area contributed by atoms with Crippen molar-refractivity contribution >= 4 is 6.09 Å². The van der Waals surface area contributed by atoms with Crippen LogP contribution < -0.4 is 5.32 Å². The van der Waals surface area contributed by atoms with Gasteiger partial charge in [0, 0.05) is 0 Å². The summed E-state index contributed by atoms with van der Waals surface area (Å²) in [6.07, 6.45) is -0.555. The summed E-state index contributed by atoms with van der Waals surface area (Å²) in [6.45, 7) is 4.03. The maximum Gasteiger partial charge on any atom is 0.407 e. The highest BCUT2D eigenvalue weighted by Gasteiger charge is 2.20. The van der Waals surface area contributed by atoms with Gasteiger partial charge in [-0.2, -0.15) is 5.26 Å². The van der Waals surface area contributed by atoms with Gasteiger partial charge in [-0.05, 0) is 29.2 Å². The third kappa shape index (κ3) is 4.56. The number of hydrogen-bond donors (Lipinski definition) is 1. The van der Waals surface area contributed by atoms with Crippen molar-refractivity contribution in [2.24, 2.45) is 5.92 Å². The molecule has 0 aliphatic carbocycles. The van der Waals surface area contributed by atoms with Crippen LogP contribution in [0, 0.1) is 23.1 Å². The summed E-state index contributed by atoms with van der Waals surface area (Å²) in [7, 11) is 0. The van der Waals surface area contributed by atoms with E-state index in [1.54, 1.807) is 6.07 Å². The predicted octanol–water partition coefficient (Wildman–Crippen LogP) is 4.32. The molecule has 1 N–H and O–H groups in total. The first-order valence-corrected chi connectivity index (χ1v) is 7.68. The lowest BCUT2D eigenvalue weighted by Gasteiger charge is -2.23. The molecule has 0 saturated carbocycles. The van der Waals surface area contributed by atoms with Crippen molar-refractivity contribution in [3.8, 4) is 6.07 Å². The maximum atomic E-state index is 13.5. The van der Waals surface area contributed by atoms with Crippen molar-refractivity contribution in [2.45, 2.75) is 26.5 Å². The fourth-order valence-corrected chi connectivity index (χ4v) is 2.35. The second kappa shape index (κ2) is 8.11. The lowest BCUT2D eigenvalue weighted by Crippen LogP contribution is -2.32. The van der Waals surface area contributed by atoms with Gasteiger partial charge in [-0.1, -0.05) is 50.2 Å². The monoisotopic (exact) mass is 326 g/mol. The zero-order chi connectivity index (χ0) is 17.5. The van der Waals surface area contributed by atoms with E-state index >= 15 is 0 Å². The van der Waals surface area contributed by atoms with Gasteiger partial charge in [0.05, 0.1) is 11.6 Å². The zero-order valence-corrected chi connectivity index (χ0v) is 13.6. The van der Waals surface area contributed by atoms with Gasteiger partial charge in [0.15, 0.2) is 0 Å². The number of carbonyl (C=O) groups excluding carboxylic acids is 1. The molecule has 1 unspecified atom stereocenters. The van der Waals surface area contributed by atoms with E-state index in [2.05, 4.69) is 5.32 Å². The molecule has 0 spiro atoms. The number of rotatable bonds is 5. The standard InChI is InChI=1S/C19H19FN2O2/c1-13(2)18(15-8-9-17(20)16(10-15)11-21)22-19(23)24-12-14-6-4-3-5-7-14/h3-10,13,18H,12H2,1-2H3,(H,22,23). The molecule has 4 nitrogen and oxygen atoms in total. The Labute approximate surface area is 140 Å². The third-order valence-corrected chi connectivity index (χ3v) is 3.62. The van der Waals surface area contributed by atoms with Gasteiger partial charge in [0.25, 0.3) is 0 Å². The molecular formula is C19H19FN2O2. The van der Waals surface area contributed by atoms with Crippen LogP contribution in [0.1, 0.15) is 36.6 Å². The summed E-state index contributed by atoms with van der Waals surface area (Å²) in [5, 5.41) is 11.7. The quantitative estimate of drug-likeness (QED) is 0.890. The van der Waals surface area contributed by atoms with E-state index in [1.807, 2.05) is 50.2 Å². The minimum atomic E-state index is -0.574. The molecule has 2 aromatic rings. The van der Waals surface area contributed by atoms with Crippen LogP contribution in [-0.2, 0) is 11.3 Å². The third-order valence-electron chi connectivity index (χ3n) is 3.62. The van der Waals surface area contributed by atoms with E-state index in [9.17, 15) is 9.18 Å². The van der Waals surface area contributed by atoms with Crippen LogP contribution in [0.2, 0.25) is 0 Å². The molecule has 1 atom stereocenters. The summed E-state index contributed by atoms with van der Waals surface area (Å²) in [6, 6.07) is 15.1. The molecule has 2 rings (SSSR count). The first kappa shape index (κ1) is 17.5. The molecule has 2 aromatic carbocycles. The van der Waals surface area contributed by atoms with E-state index in [4.69, 9.17) is 10.00 Å². The number of halogens is 1. The minimum absolute atomic E-state index is 0.0439. The van der Waals surface area contributed by atoms with Crippen LogP contribution in [0.15, 0.2) is 48.5 Å². The Kier molecular flexibility index (Phi) is 5.91. The van der Waals surface area contributed by atoms with Crippen molar-refractivity contribution in [1.82, 2.24) is 5.32 Å². The molecular weight excluding hydrogens is 307 g/mol. The highest BCUT2D eigenvalue weighted by atomic mass is 19.1. The second-order valence-electron chi connectivity index (χ2n) is 5.78. The molecule has 1 amide bonds. The fourth-order valence-electron chi connectivity index (χ4n) is 2.35. The van der Waals surface area contributed by atoms with Crippen LogP contribution in [0.4, 0.5) is 9.18 Å². The van der Waals surface area contributed by atoms with Gasteiger partial charge in [-0.15, -0.1) is 0 Å². The number of amides is 1. The van der Waals surface area contributed by atoms with Gasteiger partial charge in [-0.3, -0.25) is 0 Å². The maximum absolute atomic E-state index is 13.5. The van der Waals surface area contributed by atoms with Gasteiger partial charge in [0.1, 0.15) is 18.5 Å². The number of ether oxygens (including phenoxy) is 1. The van der Waals surface area contributed by atoms with Crippen LogP contribution in [0.5, 0.6) is 0 Å². The van der Waals surface area contributed by atoms with Crippen LogP contribution >= 0.6 is 0 Å². The second-order valence-corrected chi connectivity index (χ2v) is 5.78. The predicted molar refractivity (Wildman–Crippen MR) is 88.5 cm³/mol. The van der Waals surface area contributed by atoms with Crippen LogP contribution in [-0.4, -0.2) is 6.09 Å². The molecule has 0 radical (unpaired) electrons. The number of carbonyl (C=O) groups is 1. The topological polar surface area (TPSA) is 62.1 Å². The minimum Gasteiger partial charge on any atom is -0.445 e. The van der Waals surface area contributed by atoms with Crippen LogP contribution in [0.3, 0.4) is 0 Å². The van der Waals surface area contributed by atoms with Crippen molar-refractivity contribution in [3.05, 3.63) is 71.0 Å². The summed E-state index contributed by atoms with van der Waals surface area (Å²) >= 11 is 0. The average molecular weight is 326 g/mol. The molecule has 0 aliphatic rings. The molecule has 0 aromatic heterocycles. The van der Waals surface area contributed by atoms with E-state index in [1.165, 1.54) is 12.1 Å². The molecule has 124 valence electrons. The molecule has 0 aliphatic heterocycles. The molecule has 0 fully saturated rings. The van der Waals surface area contributed by atoms with E-state index in [0.717, 1.165) is 5.56 Å². The first-order valence-electron chi connectivity index (χ1n) is 7.68. The van der Waals surface area contributed by atoms with Gasteiger partial charge in [-0.25, -0.2) is 9.18 Å². The number of benzene rings is 2. The Balaban J connectivity index is 2.06. The van der Waals surface area contributed by atoms with Gasteiger partial charge in [0.2, 0.25) is 0 Å². The lowest BCUT2D eigenvalue weighted by molar-refractivity contribution is 0.132. The largest absolute Gasteiger partial charge is 0.445 e. The summed E-state index contributed by atoms with van der Waals surface area (Å²) in [4.78, 5) is 12.1. The summed E-state index contributed by atoms with van der Waals surface area (Å²) < 4.78 is 18.7. The SMILES string of the molecule is CC(C)C(NC(=O)OCc1ccccc1)c1ccc(F)c(C#N)c1. The molecule has 0 bridgehead atoms. The van der Waals surface area contributed by atoms with E-state index < -0.39 is 11.9 Å². The number of nitriles is 1. The number of alkyl carbamates (subject to hydrolysis) is 1. The van der Waals surface area contributed by atoms with Crippen molar-refractivity contribution in [1.29, 1.82) is 5.26 Å². The molecule has 24 heavy (non-hydrogen) atoms. The van der Waals surface area contributed by atoms with Crippen LogP contribution in [0.25, 0.3) is 0 Å². The Morgan fingerprint density at radius 1 is 1.25 bits per heavy atom. The highest BCUT2D eigenvalue weighted by molar-refractivity contribution is 5.68. The van der Waals surface area contributed by atoms with Crippen molar-refractivity contribution in [2.75, 3.05) is 0 Å². The normalized spacial score (nSPS) is 11.6. The van der Waals surface area contributed by atoms with Gasteiger partial charge < -0.3 is 10.1 Å². The van der Waals surface area contributed by atoms with Crippen molar-refractivity contribution < 1.29 is 13.9 Å². The van der Waals surface area contributed by atoms with Crippen molar-refractivity contribution in [3.63, 3.8) is 0 Å². The molecule has 0 saturated heterocycles. The smallest absolute Gasteiger partial charge is 0.407 e.